The monoisotopic (exact) mass is 498 g/mol. The van der Waals surface area contributed by atoms with E-state index in [1.807, 2.05) is 37.5 Å². The van der Waals surface area contributed by atoms with E-state index in [2.05, 4.69) is 0 Å². The molecule has 0 saturated carbocycles. The Morgan fingerprint density at radius 1 is 0.833 bits per heavy atom. The van der Waals surface area contributed by atoms with Gasteiger partial charge in [0.15, 0.2) is 0 Å². The van der Waals surface area contributed by atoms with E-state index in [1.165, 1.54) is 0 Å². The van der Waals surface area contributed by atoms with Gasteiger partial charge in [-0.05, 0) is 27.7 Å². The maximum absolute atomic E-state index is 7.06. The van der Waals surface area contributed by atoms with Gasteiger partial charge in [-0.25, -0.2) is 0 Å². The fraction of sp³-hybridized carbons (Fsp3) is 0.800. The van der Waals surface area contributed by atoms with Gasteiger partial charge in [0, 0.05) is 26.2 Å². The molecule has 0 aliphatic rings. The topological polar surface area (TPSA) is 30.3 Å². The van der Waals surface area contributed by atoms with Crippen LogP contribution in [0.1, 0.15) is 27.7 Å². The molecule has 0 spiro atoms. The first kappa shape index (κ1) is 23.7. The second kappa shape index (κ2) is 17.6. The van der Waals surface area contributed by atoms with Crippen LogP contribution in [-0.4, -0.2) is 44.6 Å². The Morgan fingerprint density at radius 2 is 1.00 bits per heavy atom. The van der Waals surface area contributed by atoms with E-state index in [-0.39, 0.29) is 0 Å². The molecule has 0 saturated heterocycles. The summed E-state index contributed by atoms with van der Waals surface area (Å²) in [6.07, 6.45) is 0. The Balaban J connectivity index is -0.000000219. The van der Waals surface area contributed by atoms with Gasteiger partial charge in [0.05, 0.1) is 0 Å². The van der Waals surface area contributed by atoms with Crippen molar-refractivity contribution < 1.29 is 18.8 Å². The van der Waals surface area contributed by atoms with Gasteiger partial charge in [-0.15, -0.1) is 0 Å². The van der Waals surface area contributed by atoms with Crippen molar-refractivity contribution in [3.8, 4) is 0 Å². The molecule has 0 aromatic heterocycles. The number of thiocarbonyl (C=S) groups is 2. The van der Waals surface area contributed by atoms with Crippen molar-refractivity contribution in [3.05, 3.63) is 0 Å². The number of nitrogens with zero attached hydrogens (tertiary/aromatic N) is 3. The van der Waals surface area contributed by atoms with Crippen LogP contribution >= 0.6 is 24.4 Å². The molecule has 0 bridgehead atoms. The van der Waals surface area contributed by atoms with E-state index in [1.54, 1.807) is 0 Å². The Labute approximate surface area is 144 Å². The van der Waals surface area contributed by atoms with Gasteiger partial charge in [-0.2, -0.15) is 0 Å². The van der Waals surface area contributed by atoms with Crippen LogP contribution in [-0.2, 0) is 44.1 Å². The number of hydrogen-bond acceptors (Lipinski definition) is 5. The van der Waals surface area contributed by atoms with E-state index < -0.39 is 0 Å². The van der Waals surface area contributed by atoms with Gasteiger partial charge < -0.3 is 59.5 Å². The average Bonchev–Trinajstić information content (AvgIpc) is 2.34. The van der Waals surface area contributed by atoms with E-state index in [0.29, 0.717) is 8.64 Å². The summed E-state index contributed by atoms with van der Waals surface area (Å²) in [5.41, 5.74) is 0. The molecular weight excluding hydrogens is 478 g/mol. The third kappa shape index (κ3) is 14.7. The van der Waals surface area contributed by atoms with Crippen molar-refractivity contribution in [2.24, 2.45) is 0 Å². The van der Waals surface area contributed by atoms with Gasteiger partial charge in [0.25, 0.3) is 0 Å². The molecule has 3 nitrogen and oxygen atoms in total. The zero-order valence-electron chi connectivity index (χ0n) is 11.2. The summed E-state index contributed by atoms with van der Waals surface area (Å²) in [5, 5.41) is 0. The van der Waals surface area contributed by atoms with Crippen molar-refractivity contribution >= 4 is 58.3 Å². The average molecular weight is 499 g/mol. The fourth-order valence-corrected chi connectivity index (χ4v) is 2.00. The SMILES string of the molecule is CCN(CC)C(=S)[S-].CCN(CC)C(=S)[S-].[N]#[188Re]. The molecule has 0 aromatic carbocycles. The van der Waals surface area contributed by atoms with E-state index >= 15 is 0 Å². The fourth-order valence-electron chi connectivity index (χ4n) is 0.964. The van der Waals surface area contributed by atoms with Crippen LogP contribution < -0.4 is 0 Å². The first-order valence-electron chi connectivity index (χ1n) is 5.53. The predicted octanol–water partition coefficient (Wildman–Crippen LogP) is 2.33. The van der Waals surface area contributed by atoms with Crippen LogP contribution in [0.5, 0.6) is 0 Å². The summed E-state index contributed by atoms with van der Waals surface area (Å²) in [6, 6.07) is 0. The minimum atomic E-state index is 0.579. The second-order valence-electron chi connectivity index (χ2n) is 2.88. The van der Waals surface area contributed by atoms with Crippen molar-refractivity contribution in [2.45, 2.75) is 27.7 Å². The molecule has 18 heavy (non-hydrogen) atoms. The Bertz CT molecular complexity index is 219. The number of hydrogen-bond donors (Lipinski definition) is 0. The van der Waals surface area contributed by atoms with Crippen LogP contribution in [0.4, 0.5) is 0 Å². The summed E-state index contributed by atoms with van der Waals surface area (Å²) < 4.78 is 8.21. The molecule has 0 amide bonds. The molecule has 108 valence electrons. The van der Waals surface area contributed by atoms with Gasteiger partial charge in [0.1, 0.15) is 0 Å². The molecule has 0 unspecified atom stereocenters. The Hall–Kier alpha value is 0.592. The third-order valence-corrected chi connectivity index (χ3v) is 3.08. The summed E-state index contributed by atoms with van der Waals surface area (Å²) in [4.78, 5) is 3.93. The minimum absolute atomic E-state index is 0.579. The zero-order valence-corrected chi connectivity index (χ0v) is 17.2. The predicted molar refractivity (Wildman–Crippen MR) is 87.5 cm³/mol. The molecule has 0 radical (unpaired) electrons. The van der Waals surface area contributed by atoms with E-state index in [0.717, 1.165) is 45.0 Å². The zero-order chi connectivity index (χ0) is 15.1. The summed E-state index contributed by atoms with van der Waals surface area (Å²) in [5.74, 6) is 0. The molecule has 8 heteroatoms. The molecule has 0 atom stereocenters. The van der Waals surface area contributed by atoms with Gasteiger partial charge in [0.2, 0.25) is 0 Å². The molecule has 0 heterocycles. The molecule has 0 N–H and O–H groups in total. The van der Waals surface area contributed by atoms with Crippen LogP contribution in [0.25, 0.3) is 0 Å². The van der Waals surface area contributed by atoms with Crippen molar-refractivity contribution in [3.63, 3.8) is 0 Å². The van der Waals surface area contributed by atoms with Gasteiger partial charge in [-0.3, -0.25) is 0 Å². The first-order chi connectivity index (χ1) is 8.44. The molecule has 0 aliphatic heterocycles. The van der Waals surface area contributed by atoms with Crippen LogP contribution in [0, 0.1) is 3.80 Å². The third-order valence-electron chi connectivity index (χ3n) is 2.04. The van der Waals surface area contributed by atoms with Gasteiger partial charge >= 0.3 is 22.6 Å². The first-order valence-corrected chi connectivity index (χ1v) is 8.37. The van der Waals surface area contributed by atoms with Crippen molar-refractivity contribution in [2.75, 3.05) is 26.2 Å². The standard InChI is InChI=1S/2C5H11NS2.N.Re/c2*1-3-6(4-2)5(7)8;;/h2*3-4H2,1-2H3,(H,7,8);;/p-2/i;;;1+2. The molecule has 0 aromatic rings. The second-order valence-corrected chi connectivity index (χ2v) is 4.94. The van der Waals surface area contributed by atoms with Crippen LogP contribution in [0.3, 0.4) is 0 Å². The number of rotatable bonds is 4. The molecule has 0 fully saturated rings. The summed E-state index contributed by atoms with van der Waals surface area (Å²) in [6.45, 7) is 11.9. The Morgan fingerprint density at radius 3 is 1.00 bits per heavy atom. The van der Waals surface area contributed by atoms with Crippen molar-refractivity contribution in [1.82, 2.24) is 9.80 Å². The van der Waals surface area contributed by atoms with Crippen LogP contribution in [0.15, 0.2) is 0 Å². The van der Waals surface area contributed by atoms with Crippen molar-refractivity contribution in [1.29, 1.82) is 3.80 Å². The summed E-state index contributed by atoms with van der Waals surface area (Å²) >= 11 is 19.7. The molecular formula is C10H20N3ReS4-2. The Kier molecular flexibility index (Phi) is 23.1. The van der Waals surface area contributed by atoms with E-state index in [9.17, 15) is 0 Å². The van der Waals surface area contributed by atoms with E-state index in [4.69, 9.17) is 53.5 Å². The summed E-state index contributed by atoms with van der Waals surface area (Å²) in [7, 11) is 0. The normalized spacial score (nSPS) is 7.94. The van der Waals surface area contributed by atoms with Gasteiger partial charge in [-0.1, -0.05) is 8.64 Å². The molecule has 0 rings (SSSR count). The van der Waals surface area contributed by atoms with Crippen LogP contribution in [0.2, 0.25) is 0 Å². The molecule has 0 aliphatic carbocycles. The maximum atomic E-state index is 7.06. The quantitative estimate of drug-likeness (QED) is 0.435.